The van der Waals surface area contributed by atoms with E-state index < -0.39 is 11.6 Å². The minimum atomic E-state index is -0.901. The molecule has 4 N–H and O–H groups in total. The van der Waals surface area contributed by atoms with Gasteiger partial charge in [0.05, 0.1) is 0 Å². The number of nitrogens with one attached hydrogen (secondary N) is 2. The second kappa shape index (κ2) is 5.74. The Labute approximate surface area is 142 Å². The number of amides is 3. The molecule has 6 heteroatoms. The Balaban J connectivity index is 1.57. The lowest BCUT2D eigenvalue weighted by molar-refractivity contribution is -0.151. The molecule has 1 aliphatic heterocycles. The molecule has 5 aliphatic rings. The zero-order valence-corrected chi connectivity index (χ0v) is 14.1. The van der Waals surface area contributed by atoms with Gasteiger partial charge >= 0.3 is 0 Å². The van der Waals surface area contributed by atoms with Gasteiger partial charge in [-0.15, -0.1) is 0 Å². The molecule has 0 aromatic rings. The molecular formula is C18H27N3O3. The van der Waals surface area contributed by atoms with Crippen LogP contribution in [0.25, 0.3) is 0 Å². The lowest BCUT2D eigenvalue weighted by Crippen LogP contribution is -2.73. The lowest BCUT2D eigenvalue weighted by atomic mass is 9.48. The van der Waals surface area contributed by atoms with E-state index in [-0.39, 0.29) is 29.6 Å². The highest BCUT2D eigenvalue weighted by molar-refractivity contribution is 5.94. The predicted octanol–water partition coefficient (Wildman–Crippen LogP) is 0.842. The summed E-state index contributed by atoms with van der Waals surface area (Å²) in [7, 11) is 0. The summed E-state index contributed by atoms with van der Waals surface area (Å²) in [6, 6.07) is -0.534. The molecule has 6 nitrogen and oxygen atoms in total. The number of rotatable bonds is 3. The van der Waals surface area contributed by atoms with Crippen LogP contribution in [0, 0.1) is 23.7 Å². The first-order valence-corrected chi connectivity index (χ1v) is 9.40. The highest BCUT2D eigenvalue weighted by atomic mass is 16.2. The van der Waals surface area contributed by atoms with Crippen molar-refractivity contribution >= 4 is 17.7 Å². The largest absolute Gasteiger partial charge is 0.368 e. The first kappa shape index (κ1) is 15.9. The molecule has 0 spiro atoms. The van der Waals surface area contributed by atoms with Crippen molar-refractivity contribution in [1.29, 1.82) is 0 Å². The van der Waals surface area contributed by atoms with E-state index in [4.69, 9.17) is 5.73 Å². The predicted molar refractivity (Wildman–Crippen MR) is 87.5 cm³/mol. The molecule has 24 heavy (non-hydrogen) atoms. The highest BCUT2D eigenvalue weighted by Gasteiger charge is 2.61. The van der Waals surface area contributed by atoms with E-state index in [0.29, 0.717) is 24.7 Å². The molecule has 4 saturated carbocycles. The van der Waals surface area contributed by atoms with Gasteiger partial charge in [-0.05, 0) is 68.6 Å². The fraction of sp³-hybridized carbons (Fsp3) is 0.833. The summed E-state index contributed by atoms with van der Waals surface area (Å²) in [5, 5.41) is 5.87. The van der Waals surface area contributed by atoms with Crippen LogP contribution < -0.4 is 16.4 Å². The lowest BCUT2D eigenvalue weighted by Gasteiger charge is -2.59. The van der Waals surface area contributed by atoms with Crippen LogP contribution in [0.1, 0.15) is 57.8 Å². The second-order valence-electron chi connectivity index (χ2n) is 8.39. The molecule has 5 fully saturated rings. The summed E-state index contributed by atoms with van der Waals surface area (Å²) in [5.74, 6) is 1.02. The van der Waals surface area contributed by atoms with E-state index in [1.807, 2.05) is 0 Å². The Bertz CT molecular complexity index is 546. The first-order valence-electron chi connectivity index (χ1n) is 9.40. The quantitative estimate of drug-likeness (QED) is 0.713. The zero-order valence-electron chi connectivity index (χ0n) is 14.1. The standard InChI is InChI=1S/C18H27N3O3/c19-17(24)18(12-6-10-5-11(8-12)9-13(18)7-10)21-16(23)14-3-1-2-4-15(22)20-14/h10-14H,1-9H2,(H2,19,24)(H,20,22)(H,21,23)/t10?,11?,12?,13?,14-,18?/m1/s1. The average Bonchev–Trinajstić information content (AvgIpc) is 2.74. The molecule has 0 aromatic heterocycles. The monoisotopic (exact) mass is 333 g/mol. The van der Waals surface area contributed by atoms with Gasteiger partial charge in [-0.25, -0.2) is 0 Å². The summed E-state index contributed by atoms with van der Waals surface area (Å²) in [5.41, 5.74) is 4.95. The topological polar surface area (TPSA) is 101 Å². The summed E-state index contributed by atoms with van der Waals surface area (Å²) >= 11 is 0. The number of primary amides is 1. The van der Waals surface area contributed by atoms with Gasteiger partial charge in [0.15, 0.2) is 0 Å². The van der Waals surface area contributed by atoms with Gasteiger partial charge in [0.25, 0.3) is 0 Å². The minimum Gasteiger partial charge on any atom is -0.368 e. The van der Waals surface area contributed by atoms with Gasteiger partial charge in [0, 0.05) is 6.42 Å². The summed E-state index contributed by atoms with van der Waals surface area (Å²) in [6.07, 6.45) is 8.00. The maximum absolute atomic E-state index is 12.9. The van der Waals surface area contributed by atoms with E-state index in [2.05, 4.69) is 10.6 Å². The molecule has 5 rings (SSSR count). The Morgan fingerprint density at radius 3 is 2.25 bits per heavy atom. The van der Waals surface area contributed by atoms with E-state index in [1.54, 1.807) is 0 Å². The van der Waals surface area contributed by atoms with Crippen LogP contribution in [-0.2, 0) is 14.4 Å². The summed E-state index contributed by atoms with van der Waals surface area (Å²) < 4.78 is 0. The van der Waals surface area contributed by atoms with Crippen LogP contribution in [0.2, 0.25) is 0 Å². The van der Waals surface area contributed by atoms with Crippen LogP contribution >= 0.6 is 0 Å². The third-order valence-corrected chi connectivity index (χ3v) is 6.96. The fourth-order valence-corrected chi connectivity index (χ4v) is 6.06. The van der Waals surface area contributed by atoms with Crippen LogP contribution in [0.5, 0.6) is 0 Å². The van der Waals surface area contributed by atoms with E-state index in [9.17, 15) is 14.4 Å². The van der Waals surface area contributed by atoms with Crippen molar-refractivity contribution < 1.29 is 14.4 Å². The van der Waals surface area contributed by atoms with Gasteiger partial charge in [-0.3, -0.25) is 14.4 Å². The van der Waals surface area contributed by atoms with Crippen molar-refractivity contribution in [3.05, 3.63) is 0 Å². The fourth-order valence-electron chi connectivity index (χ4n) is 6.06. The van der Waals surface area contributed by atoms with Gasteiger partial charge in [-0.2, -0.15) is 0 Å². The number of carbonyl (C=O) groups is 3. The number of nitrogens with two attached hydrogens (primary N) is 1. The third kappa shape index (κ3) is 2.42. The maximum Gasteiger partial charge on any atom is 0.243 e. The van der Waals surface area contributed by atoms with Crippen molar-refractivity contribution in [2.75, 3.05) is 0 Å². The normalized spacial score (nSPS) is 43.8. The molecule has 4 bridgehead atoms. The number of hydrogen-bond acceptors (Lipinski definition) is 3. The van der Waals surface area contributed by atoms with Crippen LogP contribution in [0.4, 0.5) is 0 Å². The molecule has 0 radical (unpaired) electrons. The van der Waals surface area contributed by atoms with E-state index >= 15 is 0 Å². The van der Waals surface area contributed by atoms with Crippen LogP contribution in [-0.4, -0.2) is 29.3 Å². The molecule has 3 amide bonds. The molecule has 0 unspecified atom stereocenters. The van der Waals surface area contributed by atoms with Crippen molar-refractivity contribution in [3.63, 3.8) is 0 Å². The van der Waals surface area contributed by atoms with Crippen LogP contribution in [0.15, 0.2) is 0 Å². The Morgan fingerprint density at radius 2 is 1.67 bits per heavy atom. The van der Waals surface area contributed by atoms with Gasteiger partial charge in [0.1, 0.15) is 11.6 Å². The maximum atomic E-state index is 12.9. The van der Waals surface area contributed by atoms with Crippen molar-refractivity contribution in [3.8, 4) is 0 Å². The average molecular weight is 333 g/mol. The van der Waals surface area contributed by atoms with Crippen molar-refractivity contribution in [1.82, 2.24) is 10.6 Å². The molecule has 0 aromatic carbocycles. The van der Waals surface area contributed by atoms with Crippen molar-refractivity contribution in [2.24, 2.45) is 29.4 Å². The second-order valence-corrected chi connectivity index (χ2v) is 8.39. The Kier molecular flexibility index (Phi) is 3.81. The molecular weight excluding hydrogens is 306 g/mol. The molecule has 1 saturated heterocycles. The molecule has 4 aliphatic carbocycles. The molecule has 132 valence electrons. The van der Waals surface area contributed by atoms with E-state index in [0.717, 1.165) is 38.5 Å². The minimum absolute atomic E-state index is 0.0779. The SMILES string of the molecule is NC(=O)C1(NC(=O)[C@H]2CCCCC(=O)N2)C2CC3CC(C2)CC1C3. The third-order valence-electron chi connectivity index (χ3n) is 6.96. The Morgan fingerprint density at radius 1 is 1.04 bits per heavy atom. The highest BCUT2D eigenvalue weighted by Crippen LogP contribution is 2.58. The van der Waals surface area contributed by atoms with Gasteiger partial charge in [-0.1, -0.05) is 6.42 Å². The van der Waals surface area contributed by atoms with E-state index in [1.165, 1.54) is 6.42 Å². The van der Waals surface area contributed by atoms with Gasteiger partial charge in [0.2, 0.25) is 17.7 Å². The number of carbonyl (C=O) groups excluding carboxylic acids is 3. The first-order chi connectivity index (χ1) is 11.5. The number of hydrogen-bond donors (Lipinski definition) is 3. The van der Waals surface area contributed by atoms with Crippen LogP contribution in [0.3, 0.4) is 0 Å². The zero-order chi connectivity index (χ0) is 16.9. The molecule has 1 atom stereocenters. The van der Waals surface area contributed by atoms with Crippen molar-refractivity contribution in [2.45, 2.75) is 69.4 Å². The smallest absolute Gasteiger partial charge is 0.243 e. The summed E-state index contributed by atoms with van der Waals surface area (Å²) in [6.45, 7) is 0. The molecule has 1 heterocycles. The van der Waals surface area contributed by atoms with Gasteiger partial charge < -0.3 is 16.4 Å². The Hall–Kier alpha value is -1.59. The summed E-state index contributed by atoms with van der Waals surface area (Å²) in [4.78, 5) is 37.1.